The van der Waals surface area contributed by atoms with Gasteiger partial charge in [0.05, 0.1) is 5.56 Å². The zero-order valence-electron chi connectivity index (χ0n) is 8.72. The minimum atomic E-state index is -0.631. The molecule has 0 amide bonds. The number of nitrogen functional groups attached to an aromatic ring is 1. The molecule has 5 heteroatoms. The van der Waals surface area contributed by atoms with Gasteiger partial charge >= 0.3 is 0 Å². The fourth-order valence-electron chi connectivity index (χ4n) is 1.25. The van der Waals surface area contributed by atoms with Gasteiger partial charge in [-0.1, -0.05) is 0 Å². The summed E-state index contributed by atoms with van der Waals surface area (Å²) in [5.41, 5.74) is 6.02. The van der Waals surface area contributed by atoms with E-state index in [1.165, 1.54) is 24.4 Å². The summed E-state index contributed by atoms with van der Waals surface area (Å²) in [6, 6.07) is 8.84. The Morgan fingerprint density at radius 2 is 2.12 bits per heavy atom. The van der Waals surface area contributed by atoms with Crippen LogP contribution in [-0.2, 0) is 0 Å². The van der Waals surface area contributed by atoms with Crippen LogP contribution in [0.3, 0.4) is 0 Å². The molecule has 0 aliphatic heterocycles. The third kappa shape index (κ3) is 2.49. The molecule has 0 aliphatic carbocycles. The van der Waals surface area contributed by atoms with Gasteiger partial charge < -0.3 is 10.5 Å². The minimum Gasteiger partial charge on any atom is -0.439 e. The van der Waals surface area contributed by atoms with Gasteiger partial charge in [-0.05, 0) is 18.2 Å². The topological polar surface area (TPSA) is 71.9 Å². The first-order valence-electron chi connectivity index (χ1n) is 4.78. The molecule has 0 saturated heterocycles. The molecule has 0 spiro atoms. The Morgan fingerprint density at radius 3 is 2.76 bits per heavy atom. The summed E-state index contributed by atoms with van der Waals surface area (Å²) >= 11 is 0. The van der Waals surface area contributed by atoms with E-state index in [-0.39, 0.29) is 17.2 Å². The van der Waals surface area contributed by atoms with Crippen LogP contribution in [0.5, 0.6) is 11.6 Å². The standard InChI is InChI=1S/C12H8FN3O/c13-11-6-10(2-1-8(11)7-14)17-12-5-9(15)3-4-16-12/h1-6H,(H2,15,16). The third-order valence-corrected chi connectivity index (χ3v) is 2.04. The highest BCUT2D eigenvalue weighted by atomic mass is 19.1. The van der Waals surface area contributed by atoms with E-state index in [2.05, 4.69) is 4.98 Å². The van der Waals surface area contributed by atoms with Crippen molar-refractivity contribution < 1.29 is 9.13 Å². The van der Waals surface area contributed by atoms with Crippen molar-refractivity contribution in [3.8, 4) is 17.7 Å². The van der Waals surface area contributed by atoms with Crippen LogP contribution >= 0.6 is 0 Å². The molecule has 0 saturated carbocycles. The summed E-state index contributed by atoms with van der Waals surface area (Å²) in [5.74, 6) is -0.0948. The SMILES string of the molecule is N#Cc1ccc(Oc2cc(N)ccn2)cc1F. The molecule has 2 N–H and O–H groups in total. The van der Waals surface area contributed by atoms with Crippen LogP contribution in [-0.4, -0.2) is 4.98 Å². The molecule has 2 rings (SSSR count). The summed E-state index contributed by atoms with van der Waals surface area (Å²) in [5, 5.41) is 8.58. The molecule has 17 heavy (non-hydrogen) atoms. The molecule has 1 heterocycles. The van der Waals surface area contributed by atoms with Crippen LogP contribution in [0.4, 0.5) is 10.1 Å². The molecule has 0 atom stereocenters. The molecule has 0 unspecified atom stereocenters. The average Bonchev–Trinajstić information content (AvgIpc) is 2.29. The largest absolute Gasteiger partial charge is 0.439 e. The van der Waals surface area contributed by atoms with Crippen molar-refractivity contribution in [2.75, 3.05) is 5.73 Å². The van der Waals surface area contributed by atoms with Crippen LogP contribution in [0.1, 0.15) is 5.56 Å². The van der Waals surface area contributed by atoms with Gasteiger partial charge in [-0.15, -0.1) is 0 Å². The van der Waals surface area contributed by atoms with Gasteiger partial charge in [0, 0.05) is 24.0 Å². The van der Waals surface area contributed by atoms with Crippen molar-refractivity contribution in [1.82, 2.24) is 4.98 Å². The second kappa shape index (κ2) is 4.49. The van der Waals surface area contributed by atoms with Crippen molar-refractivity contribution in [2.24, 2.45) is 0 Å². The van der Waals surface area contributed by atoms with Crippen molar-refractivity contribution in [2.45, 2.75) is 0 Å². The molecule has 1 aromatic carbocycles. The lowest BCUT2D eigenvalue weighted by molar-refractivity contribution is 0.458. The summed E-state index contributed by atoms with van der Waals surface area (Å²) in [4.78, 5) is 3.92. The second-order valence-electron chi connectivity index (χ2n) is 3.28. The number of nitrogens with two attached hydrogens (primary N) is 1. The third-order valence-electron chi connectivity index (χ3n) is 2.04. The van der Waals surface area contributed by atoms with E-state index in [0.29, 0.717) is 5.69 Å². The van der Waals surface area contributed by atoms with Gasteiger partial charge in [-0.3, -0.25) is 0 Å². The van der Waals surface area contributed by atoms with Crippen LogP contribution in [0.25, 0.3) is 0 Å². The maximum Gasteiger partial charge on any atom is 0.221 e. The van der Waals surface area contributed by atoms with Crippen LogP contribution < -0.4 is 10.5 Å². The Balaban J connectivity index is 2.25. The number of hydrogen-bond acceptors (Lipinski definition) is 4. The van der Waals surface area contributed by atoms with E-state index < -0.39 is 5.82 Å². The van der Waals surface area contributed by atoms with Crippen molar-refractivity contribution in [3.05, 3.63) is 47.9 Å². The molecule has 0 bridgehead atoms. The van der Waals surface area contributed by atoms with Gasteiger partial charge in [0.2, 0.25) is 5.88 Å². The van der Waals surface area contributed by atoms with E-state index in [1.54, 1.807) is 12.1 Å². The molecular formula is C12H8FN3O. The number of nitrogens with zero attached hydrogens (tertiary/aromatic N) is 2. The number of anilines is 1. The fourth-order valence-corrected chi connectivity index (χ4v) is 1.25. The first-order valence-corrected chi connectivity index (χ1v) is 4.78. The highest BCUT2D eigenvalue weighted by molar-refractivity contribution is 5.42. The molecule has 1 aromatic heterocycles. The summed E-state index contributed by atoms with van der Waals surface area (Å²) < 4.78 is 18.6. The van der Waals surface area contributed by atoms with Gasteiger partial charge in [-0.25, -0.2) is 9.37 Å². The van der Waals surface area contributed by atoms with Crippen LogP contribution in [0.15, 0.2) is 36.5 Å². The van der Waals surface area contributed by atoms with Gasteiger partial charge in [-0.2, -0.15) is 5.26 Å². The molecular weight excluding hydrogens is 221 g/mol. The average molecular weight is 229 g/mol. The summed E-state index contributed by atoms with van der Waals surface area (Å²) in [7, 11) is 0. The predicted molar refractivity (Wildman–Crippen MR) is 59.8 cm³/mol. The maximum absolute atomic E-state index is 13.3. The molecule has 0 aliphatic rings. The quantitative estimate of drug-likeness (QED) is 0.858. The number of aromatic nitrogens is 1. The molecule has 0 radical (unpaired) electrons. The maximum atomic E-state index is 13.3. The highest BCUT2D eigenvalue weighted by Crippen LogP contribution is 2.22. The molecule has 0 fully saturated rings. The van der Waals surface area contributed by atoms with E-state index in [1.807, 2.05) is 0 Å². The monoisotopic (exact) mass is 229 g/mol. The number of halogens is 1. The van der Waals surface area contributed by atoms with Crippen molar-refractivity contribution >= 4 is 5.69 Å². The van der Waals surface area contributed by atoms with Crippen molar-refractivity contribution in [3.63, 3.8) is 0 Å². The van der Waals surface area contributed by atoms with E-state index in [9.17, 15) is 4.39 Å². The lowest BCUT2D eigenvalue weighted by Gasteiger charge is -2.05. The Bertz CT molecular complexity index is 593. The van der Waals surface area contributed by atoms with Crippen molar-refractivity contribution in [1.29, 1.82) is 5.26 Å². The van der Waals surface area contributed by atoms with Gasteiger partial charge in [0.15, 0.2) is 0 Å². The highest BCUT2D eigenvalue weighted by Gasteiger charge is 2.05. The number of hydrogen-bond donors (Lipinski definition) is 1. The Labute approximate surface area is 97.1 Å². The number of nitriles is 1. The molecule has 84 valence electrons. The lowest BCUT2D eigenvalue weighted by Crippen LogP contribution is -1.92. The Morgan fingerprint density at radius 1 is 1.29 bits per heavy atom. The number of ether oxygens (including phenoxy) is 1. The second-order valence-corrected chi connectivity index (χ2v) is 3.28. The van der Waals surface area contributed by atoms with E-state index >= 15 is 0 Å². The predicted octanol–water partition coefficient (Wildman–Crippen LogP) is 2.47. The summed E-state index contributed by atoms with van der Waals surface area (Å²) in [6.45, 7) is 0. The normalized spacial score (nSPS) is 9.65. The first-order chi connectivity index (χ1) is 8.19. The van der Waals surface area contributed by atoms with E-state index in [0.717, 1.165) is 6.07 Å². The fraction of sp³-hybridized carbons (Fsp3) is 0. The smallest absolute Gasteiger partial charge is 0.221 e. The lowest BCUT2D eigenvalue weighted by atomic mass is 10.2. The minimum absolute atomic E-state index is 0.0297. The molecule has 2 aromatic rings. The Kier molecular flexibility index (Phi) is 2.88. The first kappa shape index (κ1) is 10.9. The van der Waals surface area contributed by atoms with Crippen LogP contribution in [0, 0.1) is 17.1 Å². The zero-order valence-corrected chi connectivity index (χ0v) is 8.72. The number of pyridine rings is 1. The van der Waals surface area contributed by atoms with Gasteiger partial charge in [0.25, 0.3) is 0 Å². The van der Waals surface area contributed by atoms with Gasteiger partial charge in [0.1, 0.15) is 17.6 Å². The van der Waals surface area contributed by atoms with E-state index in [4.69, 9.17) is 15.7 Å². The number of benzene rings is 1. The zero-order chi connectivity index (χ0) is 12.3. The summed E-state index contributed by atoms with van der Waals surface area (Å²) in [6.07, 6.45) is 1.49. The molecule has 4 nitrogen and oxygen atoms in total. The van der Waals surface area contributed by atoms with Crippen LogP contribution in [0.2, 0.25) is 0 Å². The number of rotatable bonds is 2. The Hall–Kier alpha value is -2.61.